The summed E-state index contributed by atoms with van der Waals surface area (Å²) in [6.45, 7) is 4.54. The number of aryl methyl sites for hydroxylation is 1. The van der Waals surface area contributed by atoms with Crippen molar-refractivity contribution >= 4 is 11.6 Å². The number of hydrogen-bond acceptors (Lipinski definition) is 3. The first-order chi connectivity index (χ1) is 11.3. The third-order valence-electron chi connectivity index (χ3n) is 5.52. The predicted octanol–water partition coefficient (Wildman–Crippen LogP) is 2.91. The van der Waals surface area contributed by atoms with Gasteiger partial charge in [0.2, 0.25) is 5.91 Å². The summed E-state index contributed by atoms with van der Waals surface area (Å²) >= 11 is 0. The Morgan fingerprint density at radius 3 is 2.70 bits per heavy atom. The highest BCUT2D eigenvalue weighted by atomic mass is 16.5. The third kappa shape index (κ3) is 2.97. The lowest BCUT2D eigenvalue weighted by atomic mass is 9.85. The lowest BCUT2D eigenvalue weighted by Gasteiger charge is -2.39. The quantitative estimate of drug-likeness (QED) is 0.841. The highest BCUT2D eigenvalue weighted by Crippen LogP contribution is 2.37. The molecule has 1 atom stereocenters. The van der Waals surface area contributed by atoms with Gasteiger partial charge in [-0.2, -0.15) is 0 Å². The zero-order valence-corrected chi connectivity index (χ0v) is 13.8. The van der Waals surface area contributed by atoms with Crippen molar-refractivity contribution in [2.75, 3.05) is 37.7 Å². The average molecular weight is 314 g/mol. The van der Waals surface area contributed by atoms with Crippen LogP contribution in [0.15, 0.2) is 18.2 Å². The van der Waals surface area contributed by atoms with Crippen LogP contribution < -0.4 is 4.90 Å². The maximum absolute atomic E-state index is 12.3. The van der Waals surface area contributed by atoms with E-state index in [-0.39, 0.29) is 0 Å². The summed E-state index contributed by atoms with van der Waals surface area (Å²) in [6.07, 6.45) is 6.40. The summed E-state index contributed by atoms with van der Waals surface area (Å²) in [5.41, 5.74) is 4.16. The molecule has 1 aromatic carbocycles. The van der Waals surface area contributed by atoms with Crippen molar-refractivity contribution in [2.45, 2.75) is 44.6 Å². The first-order valence-electron chi connectivity index (χ1n) is 9.08. The summed E-state index contributed by atoms with van der Waals surface area (Å²) < 4.78 is 5.46. The van der Waals surface area contributed by atoms with Gasteiger partial charge in [-0.15, -0.1) is 0 Å². The van der Waals surface area contributed by atoms with Crippen LogP contribution in [0.2, 0.25) is 0 Å². The fourth-order valence-electron chi connectivity index (χ4n) is 4.27. The zero-order chi connectivity index (χ0) is 15.6. The molecule has 1 aromatic rings. The molecule has 2 fully saturated rings. The van der Waals surface area contributed by atoms with E-state index in [1.54, 1.807) is 0 Å². The number of rotatable bonds is 2. The summed E-state index contributed by atoms with van der Waals surface area (Å²) in [4.78, 5) is 16.9. The standard InChI is InChI=1S/C19H26N2O2/c22-19-6-1-2-9-21(19)18-5-3-4-15-14-16(7-8-17(15)18)20-10-12-23-13-11-20/h7-8,14,18H,1-6,9-13H2/t18-/m0/s1. The highest BCUT2D eigenvalue weighted by molar-refractivity contribution is 5.77. The second-order valence-electron chi connectivity index (χ2n) is 6.93. The van der Waals surface area contributed by atoms with Gasteiger partial charge < -0.3 is 14.5 Å². The number of piperidine rings is 1. The van der Waals surface area contributed by atoms with E-state index in [9.17, 15) is 4.79 Å². The summed E-state index contributed by atoms with van der Waals surface area (Å²) in [5, 5.41) is 0. The van der Waals surface area contributed by atoms with Crippen LogP contribution in [0.1, 0.15) is 49.3 Å². The van der Waals surface area contributed by atoms with Crippen molar-refractivity contribution in [3.8, 4) is 0 Å². The molecule has 4 rings (SSSR count). The fraction of sp³-hybridized carbons (Fsp3) is 0.632. The number of nitrogens with zero attached hydrogens (tertiary/aromatic N) is 2. The van der Waals surface area contributed by atoms with Crippen LogP contribution in [-0.4, -0.2) is 43.7 Å². The van der Waals surface area contributed by atoms with Crippen molar-refractivity contribution < 1.29 is 9.53 Å². The smallest absolute Gasteiger partial charge is 0.223 e. The monoisotopic (exact) mass is 314 g/mol. The molecule has 0 unspecified atom stereocenters. The predicted molar refractivity (Wildman–Crippen MR) is 90.7 cm³/mol. The molecule has 4 heteroatoms. The molecule has 3 aliphatic rings. The molecule has 2 heterocycles. The minimum atomic E-state index is 0.310. The maximum atomic E-state index is 12.3. The Labute approximate surface area is 138 Å². The first-order valence-corrected chi connectivity index (χ1v) is 9.08. The number of ether oxygens (including phenoxy) is 1. The number of amides is 1. The molecule has 0 bridgehead atoms. The lowest BCUT2D eigenvalue weighted by Crippen LogP contribution is -2.40. The lowest BCUT2D eigenvalue weighted by molar-refractivity contribution is -0.136. The van der Waals surface area contributed by atoms with Crippen molar-refractivity contribution in [1.82, 2.24) is 4.90 Å². The Morgan fingerprint density at radius 1 is 1.00 bits per heavy atom. The molecule has 0 saturated carbocycles. The van der Waals surface area contributed by atoms with Crippen LogP contribution in [0.3, 0.4) is 0 Å². The average Bonchev–Trinajstić information content (AvgIpc) is 2.62. The number of morpholine rings is 1. The van der Waals surface area contributed by atoms with Crippen LogP contribution >= 0.6 is 0 Å². The van der Waals surface area contributed by atoms with Gasteiger partial charge in [0.1, 0.15) is 0 Å². The van der Waals surface area contributed by atoms with Gasteiger partial charge in [-0.25, -0.2) is 0 Å². The molecule has 0 radical (unpaired) electrons. The van der Waals surface area contributed by atoms with E-state index in [1.165, 1.54) is 23.2 Å². The number of carbonyl (C=O) groups is 1. The van der Waals surface area contributed by atoms with Gasteiger partial charge in [0.15, 0.2) is 0 Å². The third-order valence-corrected chi connectivity index (χ3v) is 5.52. The Morgan fingerprint density at radius 2 is 1.87 bits per heavy atom. The largest absolute Gasteiger partial charge is 0.378 e. The molecule has 1 aliphatic carbocycles. The normalized spacial score (nSPS) is 25.4. The van der Waals surface area contributed by atoms with E-state index < -0.39 is 0 Å². The Hall–Kier alpha value is -1.55. The minimum Gasteiger partial charge on any atom is -0.378 e. The van der Waals surface area contributed by atoms with E-state index in [0.29, 0.717) is 11.9 Å². The van der Waals surface area contributed by atoms with Gasteiger partial charge >= 0.3 is 0 Å². The van der Waals surface area contributed by atoms with E-state index in [0.717, 1.165) is 65.0 Å². The number of anilines is 1. The zero-order valence-electron chi connectivity index (χ0n) is 13.8. The second-order valence-corrected chi connectivity index (χ2v) is 6.93. The molecular formula is C19H26N2O2. The summed E-state index contributed by atoms with van der Waals surface area (Å²) in [6, 6.07) is 7.20. The number of carbonyl (C=O) groups excluding carboxylic acids is 1. The molecule has 2 aliphatic heterocycles. The first kappa shape index (κ1) is 15.0. The number of benzene rings is 1. The van der Waals surface area contributed by atoms with Gasteiger partial charge in [-0.3, -0.25) is 4.79 Å². The Balaban J connectivity index is 1.59. The van der Waals surface area contributed by atoms with Crippen LogP contribution in [-0.2, 0) is 16.0 Å². The number of fused-ring (bicyclic) bond motifs is 1. The van der Waals surface area contributed by atoms with Crippen LogP contribution in [0.4, 0.5) is 5.69 Å². The molecule has 0 N–H and O–H groups in total. The number of likely N-dealkylation sites (tertiary alicyclic amines) is 1. The minimum absolute atomic E-state index is 0.310. The molecule has 4 nitrogen and oxygen atoms in total. The van der Waals surface area contributed by atoms with Gasteiger partial charge in [-0.1, -0.05) is 6.07 Å². The molecular weight excluding hydrogens is 288 g/mol. The molecule has 0 aromatic heterocycles. The molecule has 124 valence electrons. The highest BCUT2D eigenvalue weighted by Gasteiger charge is 2.30. The van der Waals surface area contributed by atoms with E-state index in [4.69, 9.17) is 4.74 Å². The van der Waals surface area contributed by atoms with Crippen molar-refractivity contribution in [3.05, 3.63) is 29.3 Å². The van der Waals surface area contributed by atoms with Crippen molar-refractivity contribution in [2.24, 2.45) is 0 Å². The van der Waals surface area contributed by atoms with Crippen LogP contribution in [0, 0.1) is 0 Å². The second kappa shape index (κ2) is 6.52. The summed E-state index contributed by atoms with van der Waals surface area (Å²) in [7, 11) is 0. The van der Waals surface area contributed by atoms with Gasteiger partial charge in [0.05, 0.1) is 19.3 Å². The molecule has 1 amide bonds. The van der Waals surface area contributed by atoms with E-state index in [2.05, 4.69) is 28.0 Å². The van der Waals surface area contributed by atoms with Crippen molar-refractivity contribution in [3.63, 3.8) is 0 Å². The maximum Gasteiger partial charge on any atom is 0.223 e. The van der Waals surface area contributed by atoms with Crippen molar-refractivity contribution in [1.29, 1.82) is 0 Å². The van der Waals surface area contributed by atoms with Crippen LogP contribution in [0.25, 0.3) is 0 Å². The topological polar surface area (TPSA) is 32.8 Å². The fourth-order valence-corrected chi connectivity index (χ4v) is 4.27. The van der Waals surface area contributed by atoms with E-state index >= 15 is 0 Å². The number of hydrogen-bond donors (Lipinski definition) is 0. The van der Waals surface area contributed by atoms with Gasteiger partial charge in [-0.05, 0) is 55.4 Å². The Bertz CT molecular complexity index is 581. The van der Waals surface area contributed by atoms with Gasteiger partial charge in [0.25, 0.3) is 0 Å². The molecule has 23 heavy (non-hydrogen) atoms. The molecule has 2 saturated heterocycles. The van der Waals surface area contributed by atoms with Crippen LogP contribution in [0.5, 0.6) is 0 Å². The Kier molecular flexibility index (Phi) is 4.25. The molecule has 0 spiro atoms. The van der Waals surface area contributed by atoms with E-state index in [1.807, 2.05) is 0 Å². The summed E-state index contributed by atoms with van der Waals surface area (Å²) in [5.74, 6) is 0.353. The van der Waals surface area contributed by atoms with Gasteiger partial charge in [0, 0.05) is 31.7 Å². The SMILES string of the molecule is O=C1CCCCN1[C@H]1CCCc2cc(N3CCOCC3)ccc21.